The molecule has 2 N–H and O–H groups in total. The minimum Gasteiger partial charge on any atom is -0.389 e. The zero-order chi connectivity index (χ0) is 14.9. The van der Waals surface area contributed by atoms with E-state index in [4.69, 9.17) is 29.6 Å². The van der Waals surface area contributed by atoms with Crippen molar-refractivity contribution in [1.29, 1.82) is 0 Å². The number of benzene rings is 1. The lowest BCUT2D eigenvalue weighted by molar-refractivity contribution is 0.757. The van der Waals surface area contributed by atoms with Gasteiger partial charge < -0.3 is 10.6 Å². The molecule has 20 heavy (non-hydrogen) atoms. The molecule has 2 aromatic rings. The number of anilines is 1. The van der Waals surface area contributed by atoms with E-state index >= 15 is 0 Å². The van der Waals surface area contributed by atoms with Crippen LogP contribution in [0.3, 0.4) is 0 Å². The van der Waals surface area contributed by atoms with Crippen molar-refractivity contribution in [3.8, 4) is 0 Å². The van der Waals surface area contributed by atoms with Crippen molar-refractivity contribution in [2.75, 3.05) is 11.9 Å². The van der Waals surface area contributed by atoms with Crippen molar-refractivity contribution in [1.82, 2.24) is 9.78 Å². The Morgan fingerprint density at radius 3 is 2.75 bits per heavy atom. The predicted octanol–water partition coefficient (Wildman–Crippen LogP) is 2.65. The number of rotatable bonds is 4. The number of thiocarbonyl (C=S) groups is 1. The van der Waals surface area contributed by atoms with Gasteiger partial charge in [-0.1, -0.05) is 36.0 Å². The Morgan fingerprint density at radius 1 is 1.50 bits per heavy atom. The third-order valence-corrected chi connectivity index (χ3v) is 3.95. The van der Waals surface area contributed by atoms with E-state index in [9.17, 15) is 0 Å². The molecule has 0 aliphatic rings. The quantitative estimate of drug-likeness (QED) is 0.882. The zero-order valence-corrected chi connectivity index (χ0v) is 13.3. The van der Waals surface area contributed by atoms with Gasteiger partial charge in [-0.3, -0.25) is 4.68 Å². The first-order chi connectivity index (χ1) is 9.40. The van der Waals surface area contributed by atoms with Crippen LogP contribution in [0.2, 0.25) is 5.15 Å². The molecule has 0 spiro atoms. The average molecular weight is 309 g/mol. The summed E-state index contributed by atoms with van der Waals surface area (Å²) in [5.41, 5.74) is 9.53. The smallest absolute Gasteiger partial charge is 0.131 e. The van der Waals surface area contributed by atoms with Crippen molar-refractivity contribution in [2.24, 2.45) is 12.8 Å². The summed E-state index contributed by atoms with van der Waals surface area (Å²) in [5.74, 6) is 0. The van der Waals surface area contributed by atoms with E-state index in [-0.39, 0.29) is 0 Å². The standard InChI is InChI=1S/C14H17ClN4S/c1-9-12(13(15)19(3)17-9)8-18(2)11-6-4-5-10(7-11)14(16)20/h4-7H,8H2,1-3H3,(H2,16,20). The monoisotopic (exact) mass is 308 g/mol. The molecule has 0 amide bonds. The van der Waals surface area contributed by atoms with Crippen molar-refractivity contribution in [2.45, 2.75) is 13.5 Å². The molecule has 0 atom stereocenters. The van der Waals surface area contributed by atoms with Crippen LogP contribution in [0.5, 0.6) is 0 Å². The number of nitrogens with two attached hydrogens (primary N) is 1. The summed E-state index contributed by atoms with van der Waals surface area (Å²) in [7, 11) is 3.84. The van der Waals surface area contributed by atoms with Gasteiger partial charge in [-0.2, -0.15) is 5.10 Å². The van der Waals surface area contributed by atoms with Gasteiger partial charge >= 0.3 is 0 Å². The van der Waals surface area contributed by atoms with Gasteiger partial charge in [-0.25, -0.2) is 0 Å². The van der Waals surface area contributed by atoms with Crippen molar-refractivity contribution >= 4 is 34.5 Å². The second-order valence-electron chi connectivity index (χ2n) is 4.75. The first kappa shape index (κ1) is 14.8. The second-order valence-corrected chi connectivity index (χ2v) is 5.55. The predicted molar refractivity (Wildman–Crippen MR) is 87.4 cm³/mol. The molecule has 0 radical (unpaired) electrons. The van der Waals surface area contributed by atoms with E-state index in [0.29, 0.717) is 16.7 Å². The Bertz CT molecular complexity index is 651. The van der Waals surface area contributed by atoms with E-state index in [0.717, 1.165) is 22.5 Å². The van der Waals surface area contributed by atoms with Crippen molar-refractivity contribution in [3.63, 3.8) is 0 Å². The number of halogens is 1. The van der Waals surface area contributed by atoms with Crippen LogP contribution in [0.15, 0.2) is 24.3 Å². The molecule has 6 heteroatoms. The molecule has 0 saturated carbocycles. The molecule has 0 aliphatic heterocycles. The molecule has 1 aromatic heterocycles. The SMILES string of the molecule is Cc1nn(C)c(Cl)c1CN(C)c1cccc(C(N)=S)c1. The van der Waals surface area contributed by atoms with Crippen LogP contribution in [0, 0.1) is 6.92 Å². The van der Waals surface area contributed by atoms with Gasteiger partial charge in [0.15, 0.2) is 0 Å². The molecular weight excluding hydrogens is 292 g/mol. The van der Waals surface area contributed by atoms with E-state index in [1.165, 1.54) is 0 Å². The highest BCUT2D eigenvalue weighted by atomic mass is 35.5. The molecule has 0 bridgehead atoms. The maximum atomic E-state index is 6.26. The minimum absolute atomic E-state index is 0.399. The van der Waals surface area contributed by atoms with Gasteiger partial charge in [-0.15, -0.1) is 0 Å². The van der Waals surface area contributed by atoms with Gasteiger partial charge in [0.1, 0.15) is 10.1 Å². The number of hydrogen-bond acceptors (Lipinski definition) is 3. The Hall–Kier alpha value is -1.59. The summed E-state index contributed by atoms with van der Waals surface area (Å²) in [5, 5.41) is 4.99. The van der Waals surface area contributed by atoms with Crippen LogP contribution in [-0.2, 0) is 13.6 Å². The molecule has 2 rings (SSSR count). The number of aryl methyl sites for hydroxylation is 2. The number of hydrogen-bond donors (Lipinski definition) is 1. The maximum absolute atomic E-state index is 6.26. The first-order valence-corrected chi connectivity index (χ1v) is 6.97. The third-order valence-electron chi connectivity index (χ3n) is 3.24. The molecular formula is C14H17ClN4S. The molecule has 1 aromatic carbocycles. The Labute approximate surface area is 129 Å². The fourth-order valence-corrected chi connectivity index (χ4v) is 2.44. The van der Waals surface area contributed by atoms with Gasteiger partial charge in [0.25, 0.3) is 0 Å². The first-order valence-electron chi connectivity index (χ1n) is 6.19. The van der Waals surface area contributed by atoms with Crippen LogP contribution >= 0.6 is 23.8 Å². The van der Waals surface area contributed by atoms with Crippen LogP contribution in [0.25, 0.3) is 0 Å². The van der Waals surface area contributed by atoms with E-state index in [1.807, 2.05) is 45.3 Å². The van der Waals surface area contributed by atoms with E-state index in [2.05, 4.69) is 10.00 Å². The maximum Gasteiger partial charge on any atom is 0.131 e. The lowest BCUT2D eigenvalue weighted by Gasteiger charge is -2.20. The second kappa shape index (κ2) is 5.81. The fourth-order valence-electron chi connectivity index (χ4n) is 2.08. The molecule has 1 heterocycles. The van der Waals surface area contributed by atoms with Gasteiger partial charge in [0, 0.05) is 37.5 Å². The molecule has 0 aliphatic carbocycles. The molecule has 0 saturated heterocycles. The van der Waals surface area contributed by atoms with E-state index in [1.54, 1.807) is 4.68 Å². The molecule has 4 nitrogen and oxygen atoms in total. The van der Waals surface area contributed by atoms with Crippen LogP contribution < -0.4 is 10.6 Å². The Morgan fingerprint density at radius 2 is 2.20 bits per heavy atom. The fraction of sp³-hybridized carbons (Fsp3) is 0.286. The van der Waals surface area contributed by atoms with Gasteiger partial charge in [-0.05, 0) is 19.1 Å². The summed E-state index contributed by atoms with van der Waals surface area (Å²) < 4.78 is 1.69. The summed E-state index contributed by atoms with van der Waals surface area (Å²) >= 11 is 11.3. The number of aromatic nitrogens is 2. The summed E-state index contributed by atoms with van der Waals surface area (Å²) in [6, 6.07) is 7.84. The number of nitrogens with zero attached hydrogens (tertiary/aromatic N) is 3. The molecule has 0 unspecified atom stereocenters. The van der Waals surface area contributed by atoms with E-state index < -0.39 is 0 Å². The Kier molecular flexibility index (Phi) is 4.30. The van der Waals surface area contributed by atoms with Crippen LogP contribution in [0.1, 0.15) is 16.8 Å². The highest BCUT2D eigenvalue weighted by molar-refractivity contribution is 7.80. The minimum atomic E-state index is 0.399. The van der Waals surface area contributed by atoms with Crippen molar-refractivity contribution < 1.29 is 0 Å². The highest BCUT2D eigenvalue weighted by Crippen LogP contribution is 2.23. The summed E-state index contributed by atoms with van der Waals surface area (Å²) in [6.07, 6.45) is 0. The van der Waals surface area contributed by atoms with Crippen molar-refractivity contribution in [3.05, 3.63) is 46.2 Å². The van der Waals surface area contributed by atoms with Crippen LogP contribution in [-0.4, -0.2) is 21.8 Å². The lowest BCUT2D eigenvalue weighted by atomic mass is 10.1. The largest absolute Gasteiger partial charge is 0.389 e. The van der Waals surface area contributed by atoms with Gasteiger partial charge in [0.05, 0.1) is 5.69 Å². The topological polar surface area (TPSA) is 47.1 Å². The summed E-state index contributed by atoms with van der Waals surface area (Å²) in [4.78, 5) is 2.49. The summed E-state index contributed by atoms with van der Waals surface area (Å²) in [6.45, 7) is 2.64. The average Bonchev–Trinajstić information content (AvgIpc) is 2.65. The Balaban J connectivity index is 2.26. The normalized spacial score (nSPS) is 10.6. The lowest BCUT2D eigenvalue weighted by Crippen LogP contribution is -2.18. The zero-order valence-electron chi connectivity index (χ0n) is 11.7. The highest BCUT2D eigenvalue weighted by Gasteiger charge is 2.13. The molecule has 0 fully saturated rings. The molecule has 106 valence electrons. The van der Waals surface area contributed by atoms with Gasteiger partial charge in [0.2, 0.25) is 0 Å². The van der Waals surface area contributed by atoms with Crippen LogP contribution in [0.4, 0.5) is 5.69 Å². The third kappa shape index (κ3) is 2.94.